The highest BCUT2D eigenvalue weighted by molar-refractivity contribution is 7.99. The summed E-state index contributed by atoms with van der Waals surface area (Å²) in [4.78, 5) is 14.1. The zero-order valence-electron chi connectivity index (χ0n) is 8.91. The third-order valence-electron chi connectivity index (χ3n) is 2.97. The van der Waals surface area contributed by atoms with Crippen LogP contribution in [0, 0.1) is 5.92 Å². The number of thioether (sulfide) groups is 1. The Labute approximate surface area is 102 Å². The normalized spacial score (nSPS) is 26.9. The number of amides is 1. The number of rotatable bonds is 1. The van der Waals surface area contributed by atoms with Gasteiger partial charge in [-0.1, -0.05) is 0 Å². The standard InChI is InChI=1S/C10H18N2OS.ClH/c13-10(9-2-1-3-11-8-9)12-4-6-14-7-5-12;/h9,11H,1-8H2;1H. The van der Waals surface area contributed by atoms with Crippen molar-refractivity contribution in [2.45, 2.75) is 12.8 Å². The zero-order valence-corrected chi connectivity index (χ0v) is 10.5. The van der Waals surface area contributed by atoms with Crippen molar-refractivity contribution in [3.8, 4) is 0 Å². The molecule has 2 aliphatic rings. The second-order valence-electron chi connectivity index (χ2n) is 3.98. The minimum absolute atomic E-state index is 0. The largest absolute Gasteiger partial charge is 0.341 e. The fourth-order valence-corrected chi connectivity index (χ4v) is 3.01. The van der Waals surface area contributed by atoms with Crippen LogP contribution >= 0.6 is 24.2 Å². The second kappa shape index (κ2) is 6.61. The van der Waals surface area contributed by atoms with Gasteiger partial charge in [0, 0.05) is 31.1 Å². The van der Waals surface area contributed by atoms with Crippen LogP contribution in [0.15, 0.2) is 0 Å². The quantitative estimate of drug-likeness (QED) is 0.753. The van der Waals surface area contributed by atoms with E-state index in [9.17, 15) is 4.79 Å². The van der Waals surface area contributed by atoms with E-state index in [4.69, 9.17) is 0 Å². The first-order valence-electron chi connectivity index (χ1n) is 5.45. The van der Waals surface area contributed by atoms with E-state index >= 15 is 0 Å². The van der Waals surface area contributed by atoms with Gasteiger partial charge in [-0.05, 0) is 19.4 Å². The van der Waals surface area contributed by atoms with Crippen LogP contribution in [0.25, 0.3) is 0 Å². The summed E-state index contributed by atoms with van der Waals surface area (Å²) in [5, 5.41) is 3.30. The smallest absolute Gasteiger partial charge is 0.227 e. The lowest BCUT2D eigenvalue weighted by molar-refractivity contribution is -0.135. The van der Waals surface area contributed by atoms with Crippen LogP contribution in [0.5, 0.6) is 0 Å². The summed E-state index contributed by atoms with van der Waals surface area (Å²) >= 11 is 1.95. The number of piperidine rings is 1. The minimum atomic E-state index is 0. The summed E-state index contributed by atoms with van der Waals surface area (Å²) in [6.45, 7) is 3.89. The number of halogens is 1. The van der Waals surface area contributed by atoms with Crippen molar-refractivity contribution in [1.82, 2.24) is 10.2 Å². The highest BCUT2D eigenvalue weighted by atomic mass is 35.5. The summed E-state index contributed by atoms with van der Waals surface area (Å²) in [7, 11) is 0. The summed E-state index contributed by atoms with van der Waals surface area (Å²) in [6, 6.07) is 0. The van der Waals surface area contributed by atoms with Crippen molar-refractivity contribution in [2.75, 3.05) is 37.7 Å². The van der Waals surface area contributed by atoms with Crippen molar-refractivity contribution >= 4 is 30.1 Å². The van der Waals surface area contributed by atoms with Crippen LogP contribution in [0.1, 0.15) is 12.8 Å². The Kier molecular flexibility index (Phi) is 5.79. The Hall–Kier alpha value is 0.0700. The Morgan fingerprint density at radius 3 is 2.67 bits per heavy atom. The molecule has 1 atom stereocenters. The van der Waals surface area contributed by atoms with Crippen molar-refractivity contribution in [3.63, 3.8) is 0 Å². The molecule has 3 nitrogen and oxygen atoms in total. The molecule has 1 N–H and O–H groups in total. The van der Waals surface area contributed by atoms with E-state index in [1.54, 1.807) is 0 Å². The number of carbonyl (C=O) groups is 1. The summed E-state index contributed by atoms with van der Waals surface area (Å²) in [6.07, 6.45) is 2.23. The molecule has 0 bridgehead atoms. The van der Waals surface area contributed by atoms with Gasteiger partial charge in [0.25, 0.3) is 0 Å². The fraction of sp³-hybridized carbons (Fsp3) is 0.900. The topological polar surface area (TPSA) is 32.3 Å². The highest BCUT2D eigenvalue weighted by Crippen LogP contribution is 2.16. The third kappa shape index (κ3) is 3.54. The molecular formula is C10H19ClN2OS. The third-order valence-corrected chi connectivity index (χ3v) is 3.91. The van der Waals surface area contributed by atoms with Crippen LogP contribution in [-0.2, 0) is 4.79 Å². The average Bonchev–Trinajstić information content (AvgIpc) is 2.30. The SMILES string of the molecule is Cl.O=C(C1CCCNC1)N1CCSCC1. The molecule has 1 unspecified atom stereocenters. The maximum atomic E-state index is 12.0. The minimum Gasteiger partial charge on any atom is -0.341 e. The van der Waals surface area contributed by atoms with Crippen LogP contribution in [-0.4, -0.2) is 48.5 Å². The first kappa shape index (κ1) is 13.1. The maximum Gasteiger partial charge on any atom is 0.227 e. The van der Waals surface area contributed by atoms with Crippen LogP contribution < -0.4 is 5.32 Å². The molecule has 0 radical (unpaired) electrons. The molecule has 0 saturated carbocycles. The molecule has 2 rings (SSSR count). The molecule has 2 aliphatic heterocycles. The van der Waals surface area contributed by atoms with Gasteiger partial charge in [0.1, 0.15) is 0 Å². The van der Waals surface area contributed by atoms with Gasteiger partial charge in [-0.2, -0.15) is 11.8 Å². The lowest BCUT2D eigenvalue weighted by atomic mass is 9.98. The molecule has 1 amide bonds. The molecule has 88 valence electrons. The molecule has 0 aromatic rings. The van der Waals surface area contributed by atoms with E-state index in [0.29, 0.717) is 5.91 Å². The maximum absolute atomic E-state index is 12.0. The summed E-state index contributed by atoms with van der Waals surface area (Å²) < 4.78 is 0. The predicted molar refractivity (Wildman–Crippen MR) is 66.7 cm³/mol. The first-order valence-corrected chi connectivity index (χ1v) is 6.60. The number of hydrogen-bond acceptors (Lipinski definition) is 3. The van der Waals surface area contributed by atoms with Gasteiger partial charge in [-0.3, -0.25) is 4.79 Å². The first-order chi connectivity index (χ1) is 6.88. The van der Waals surface area contributed by atoms with E-state index in [1.165, 1.54) is 0 Å². The zero-order chi connectivity index (χ0) is 9.80. The molecule has 0 spiro atoms. The van der Waals surface area contributed by atoms with Crippen LogP contribution in [0.4, 0.5) is 0 Å². The number of nitrogens with one attached hydrogen (secondary N) is 1. The molecule has 2 fully saturated rings. The van der Waals surface area contributed by atoms with Gasteiger partial charge in [-0.25, -0.2) is 0 Å². The van der Waals surface area contributed by atoms with E-state index < -0.39 is 0 Å². The van der Waals surface area contributed by atoms with E-state index in [0.717, 1.165) is 50.5 Å². The summed E-state index contributed by atoms with van der Waals surface area (Å²) in [5.74, 6) is 2.88. The van der Waals surface area contributed by atoms with Crippen molar-refractivity contribution in [2.24, 2.45) is 5.92 Å². The molecule has 0 aromatic carbocycles. The summed E-state index contributed by atoms with van der Waals surface area (Å²) in [5.41, 5.74) is 0. The molecular weight excluding hydrogens is 232 g/mol. The van der Waals surface area contributed by atoms with E-state index in [2.05, 4.69) is 5.32 Å². The monoisotopic (exact) mass is 250 g/mol. The fourth-order valence-electron chi connectivity index (χ4n) is 2.10. The van der Waals surface area contributed by atoms with Crippen molar-refractivity contribution in [3.05, 3.63) is 0 Å². The molecule has 5 heteroatoms. The molecule has 15 heavy (non-hydrogen) atoms. The Bertz CT molecular complexity index is 184. The van der Waals surface area contributed by atoms with Gasteiger partial charge >= 0.3 is 0 Å². The Morgan fingerprint density at radius 1 is 1.33 bits per heavy atom. The number of carbonyl (C=O) groups excluding carboxylic acids is 1. The van der Waals surface area contributed by atoms with Crippen molar-refractivity contribution in [1.29, 1.82) is 0 Å². The highest BCUT2D eigenvalue weighted by Gasteiger charge is 2.26. The van der Waals surface area contributed by atoms with Crippen LogP contribution in [0.3, 0.4) is 0 Å². The van der Waals surface area contributed by atoms with Gasteiger partial charge in [0.05, 0.1) is 5.92 Å². The second-order valence-corrected chi connectivity index (χ2v) is 5.21. The molecule has 2 saturated heterocycles. The Morgan fingerprint density at radius 2 is 2.07 bits per heavy atom. The van der Waals surface area contributed by atoms with Crippen LogP contribution in [0.2, 0.25) is 0 Å². The average molecular weight is 251 g/mol. The molecule has 0 aromatic heterocycles. The van der Waals surface area contributed by atoms with Gasteiger partial charge in [0.15, 0.2) is 0 Å². The number of nitrogens with zero attached hydrogens (tertiary/aromatic N) is 1. The van der Waals surface area contributed by atoms with Gasteiger partial charge in [-0.15, -0.1) is 12.4 Å². The molecule has 2 heterocycles. The van der Waals surface area contributed by atoms with Gasteiger partial charge in [0.2, 0.25) is 5.91 Å². The van der Waals surface area contributed by atoms with Gasteiger partial charge < -0.3 is 10.2 Å². The van der Waals surface area contributed by atoms with E-state index in [-0.39, 0.29) is 18.3 Å². The number of hydrogen-bond donors (Lipinski definition) is 1. The van der Waals surface area contributed by atoms with E-state index in [1.807, 2.05) is 16.7 Å². The predicted octanol–water partition coefficient (Wildman–Crippen LogP) is 0.983. The molecule has 0 aliphatic carbocycles. The lowest BCUT2D eigenvalue weighted by Gasteiger charge is -2.31. The Balaban J connectivity index is 0.00000112. The van der Waals surface area contributed by atoms with Crippen molar-refractivity contribution < 1.29 is 4.79 Å². The lowest BCUT2D eigenvalue weighted by Crippen LogP contribution is -2.46.